The Bertz CT molecular complexity index is 329. The summed E-state index contributed by atoms with van der Waals surface area (Å²) in [5.41, 5.74) is 0.721. The van der Waals surface area contributed by atoms with E-state index in [1.165, 1.54) is 0 Å². The highest BCUT2D eigenvalue weighted by molar-refractivity contribution is 9.10. The number of hydrogen-bond donors (Lipinski definition) is 1. The molecule has 0 saturated carbocycles. The molecule has 90 valence electrons. The predicted molar refractivity (Wildman–Crippen MR) is 67.4 cm³/mol. The van der Waals surface area contributed by atoms with Crippen LogP contribution in [0.4, 0.5) is 0 Å². The first-order chi connectivity index (χ1) is 7.63. The third-order valence-corrected chi connectivity index (χ3v) is 2.66. The van der Waals surface area contributed by atoms with Crippen molar-refractivity contribution >= 4 is 15.9 Å². The maximum atomic E-state index is 9.15. The van der Waals surface area contributed by atoms with Gasteiger partial charge in [0, 0.05) is 16.2 Å². The SMILES string of the molecule is CC(C)CCCOc1ncc(Br)cc1CO. The Labute approximate surface area is 105 Å². The summed E-state index contributed by atoms with van der Waals surface area (Å²) < 4.78 is 6.39. The average molecular weight is 288 g/mol. The lowest BCUT2D eigenvalue weighted by Crippen LogP contribution is -2.03. The Hall–Kier alpha value is -0.610. The van der Waals surface area contributed by atoms with Crippen molar-refractivity contribution in [3.63, 3.8) is 0 Å². The number of rotatable bonds is 6. The van der Waals surface area contributed by atoms with Crippen LogP contribution in [-0.2, 0) is 6.61 Å². The van der Waals surface area contributed by atoms with Gasteiger partial charge in [0.15, 0.2) is 0 Å². The number of aromatic nitrogens is 1. The predicted octanol–water partition coefficient (Wildman–Crippen LogP) is 3.15. The minimum absolute atomic E-state index is 0.0496. The van der Waals surface area contributed by atoms with E-state index in [0.717, 1.165) is 22.9 Å². The van der Waals surface area contributed by atoms with Gasteiger partial charge in [0.2, 0.25) is 5.88 Å². The summed E-state index contributed by atoms with van der Waals surface area (Å²) >= 11 is 3.31. The van der Waals surface area contributed by atoms with Gasteiger partial charge in [0.25, 0.3) is 0 Å². The fourth-order valence-electron chi connectivity index (χ4n) is 1.37. The fraction of sp³-hybridized carbons (Fsp3) is 0.583. The summed E-state index contributed by atoms with van der Waals surface area (Å²) in [6.45, 7) is 4.99. The topological polar surface area (TPSA) is 42.4 Å². The van der Waals surface area contributed by atoms with E-state index >= 15 is 0 Å². The number of halogens is 1. The number of aliphatic hydroxyl groups excluding tert-OH is 1. The Kier molecular flexibility index (Phi) is 5.77. The zero-order chi connectivity index (χ0) is 12.0. The Balaban J connectivity index is 2.47. The second-order valence-electron chi connectivity index (χ2n) is 4.16. The lowest BCUT2D eigenvalue weighted by Gasteiger charge is -2.09. The average Bonchev–Trinajstić information content (AvgIpc) is 2.25. The second-order valence-corrected chi connectivity index (χ2v) is 5.08. The lowest BCUT2D eigenvalue weighted by atomic mass is 10.1. The molecule has 0 radical (unpaired) electrons. The molecule has 1 rings (SSSR count). The Morgan fingerprint density at radius 2 is 2.25 bits per heavy atom. The van der Waals surface area contributed by atoms with Crippen molar-refractivity contribution in [2.75, 3.05) is 6.61 Å². The minimum Gasteiger partial charge on any atom is -0.477 e. The summed E-state index contributed by atoms with van der Waals surface area (Å²) in [7, 11) is 0. The molecule has 4 heteroatoms. The van der Waals surface area contributed by atoms with E-state index in [2.05, 4.69) is 34.8 Å². The zero-order valence-corrected chi connectivity index (χ0v) is 11.3. The van der Waals surface area contributed by atoms with Gasteiger partial charge in [-0.05, 0) is 40.8 Å². The smallest absolute Gasteiger partial charge is 0.218 e. The van der Waals surface area contributed by atoms with Crippen LogP contribution in [0.5, 0.6) is 5.88 Å². The maximum Gasteiger partial charge on any atom is 0.218 e. The monoisotopic (exact) mass is 287 g/mol. The molecule has 0 atom stereocenters. The largest absolute Gasteiger partial charge is 0.477 e. The molecule has 1 aromatic rings. The van der Waals surface area contributed by atoms with Gasteiger partial charge in [0.05, 0.1) is 13.2 Å². The van der Waals surface area contributed by atoms with E-state index < -0.39 is 0 Å². The summed E-state index contributed by atoms with van der Waals surface area (Å²) in [4.78, 5) is 4.14. The first kappa shape index (κ1) is 13.5. The van der Waals surface area contributed by atoms with Crippen molar-refractivity contribution in [1.82, 2.24) is 4.98 Å². The van der Waals surface area contributed by atoms with E-state index in [9.17, 15) is 0 Å². The van der Waals surface area contributed by atoms with E-state index in [-0.39, 0.29) is 6.61 Å². The third kappa shape index (κ3) is 4.49. The highest BCUT2D eigenvalue weighted by Gasteiger charge is 2.05. The molecule has 0 bridgehead atoms. The molecule has 0 aliphatic carbocycles. The van der Waals surface area contributed by atoms with E-state index in [0.29, 0.717) is 18.4 Å². The van der Waals surface area contributed by atoms with Crippen LogP contribution in [0.25, 0.3) is 0 Å². The first-order valence-corrected chi connectivity index (χ1v) is 6.31. The molecule has 0 aliphatic rings. The normalized spacial score (nSPS) is 10.8. The van der Waals surface area contributed by atoms with Gasteiger partial charge in [-0.2, -0.15) is 0 Å². The standard InChI is InChI=1S/C12H18BrNO2/c1-9(2)4-3-5-16-12-10(8-15)6-11(13)7-14-12/h6-7,9,15H,3-5,8H2,1-2H3. The van der Waals surface area contributed by atoms with Gasteiger partial charge in [-0.15, -0.1) is 0 Å². The number of pyridine rings is 1. The van der Waals surface area contributed by atoms with Gasteiger partial charge in [-0.3, -0.25) is 0 Å². The van der Waals surface area contributed by atoms with Gasteiger partial charge >= 0.3 is 0 Å². The van der Waals surface area contributed by atoms with Crippen molar-refractivity contribution in [1.29, 1.82) is 0 Å². The molecule has 1 aromatic heterocycles. The summed E-state index contributed by atoms with van der Waals surface area (Å²) in [6.07, 6.45) is 3.84. The van der Waals surface area contributed by atoms with Gasteiger partial charge in [-0.1, -0.05) is 13.8 Å². The molecule has 0 spiro atoms. The summed E-state index contributed by atoms with van der Waals surface area (Å²) in [5.74, 6) is 1.23. The van der Waals surface area contributed by atoms with E-state index in [4.69, 9.17) is 9.84 Å². The van der Waals surface area contributed by atoms with Crippen LogP contribution in [-0.4, -0.2) is 16.7 Å². The minimum atomic E-state index is -0.0496. The molecule has 0 unspecified atom stereocenters. The molecule has 3 nitrogen and oxygen atoms in total. The maximum absolute atomic E-state index is 9.15. The third-order valence-electron chi connectivity index (χ3n) is 2.23. The molecule has 1 heterocycles. The molecule has 1 N–H and O–H groups in total. The molecule has 16 heavy (non-hydrogen) atoms. The molecular formula is C12H18BrNO2. The number of aliphatic hydroxyl groups is 1. The fourth-order valence-corrected chi connectivity index (χ4v) is 1.75. The molecule has 0 amide bonds. The second kappa shape index (κ2) is 6.86. The van der Waals surface area contributed by atoms with E-state index in [1.54, 1.807) is 6.20 Å². The highest BCUT2D eigenvalue weighted by Crippen LogP contribution is 2.20. The summed E-state index contributed by atoms with van der Waals surface area (Å²) in [5, 5.41) is 9.15. The lowest BCUT2D eigenvalue weighted by molar-refractivity contribution is 0.251. The van der Waals surface area contributed by atoms with Gasteiger partial charge in [-0.25, -0.2) is 4.98 Å². The number of ether oxygens (including phenoxy) is 1. The molecule has 0 fully saturated rings. The van der Waals surface area contributed by atoms with Crippen molar-refractivity contribution in [3.8, 4) is 5.88 Å². The number of hydrogen-bond acceptors (Lipinski definition) is 3. The quantitative estimate of drug-likeness (QED) is 0.818. The highest BCUT2D eigenvalue weighted by atomic mass is 79.9. The Morgan fingerprint density at radius 3 is 2.88 bits per heavy atom. The van der Waals surface area contributed by atoms with E-state index in [1.807, 2.05) is 6.07 Å². The van der Waals surface area contributed by atoms with Crippen LogP contribution in [0.3, 0.4) is 0 Å². The van der Waals surface area contributed by atoms with Crippen LogP contribution in [0.15, 0.2) is 16.7 Å². The van der Waals surface area contributed by atoms with Gasteiger partial charge < -0.3 is 9.84 Å². The molecule has 0 saturated heterocycles. The van der Waals surface area contributed by atoms with Crippen LogP contribution in [0.2, 0.25) is 0 Å². The van der Waals surface area contributed by atoms with Crippen molar-refractivity contribution in [2.24, 2.45) is 5.92 Å². The first-order valence-electron chi connectivity index (χ1n) is 5.51. The Morgan fingerprint density at radius 1 is 1.50 bits per heavy atom. The molecular weight excluding hydrogens is 270 g/mol. The van der Waals surface area contributed by atoms with Crippen molar-refractivity contribution in [2.45, 2.75) is 33.3 Å². The van der Waals surface area contributed by atoms with Crippen LogP contribution in [0, 0.1) is 5.92 Å². The van der Waals surface area contributed by atoms with Crippen LogP contribution in [0.1, 0.15) is 32.3 Å². The zero-order valence-electron chi connectivity index (χ0n) is 9.74. The molecule has 0 aliphatic heterocycles. The van der Waals surface area contributed by atoms with Crippen LogP contribution < -0.4 is 4.74 Å². The van der Waals surface area contributed by atoms with Gasteiger partial charge in [0.1, 0.15) is 0 Å². The molecule has 0 aromatic carbocycles. The van der Waals surface area contributed by atoms with Crippen molar-refractivity contribution < 1.29 is 9.84 Å². The van der Waals surface area contributed by atoms with Crippen molar-refractivity contribution in [3.05, 3.63) is 22.3 Å². The van der Waals surface area contributed by atoms with Crippen LogP contribution >= 0.6 is 15.9 Å². The number of nitrogens with zero attached hydrogens (tertiary/aromatic N) is 1. The summed E-state index contributed by atoms with van der Waals surface area (Å²) in [6, 6.07) is 1.82.